The molecule has 1 fully saturated rings. The van der Waals surface area contributed by atoms with Gasteiger partial charge in [-0.3, -0.25) is 4.90 Å². The van der Waals surface area contributed by atoms with Crippen molar-refractivity contribution in [2.24, 2.45) is 0 Å². The summed E-state index contributed by atoms with van der Waals surface area (Å²) >= 11 is 0. The molecule has 0 aromatic heterocycles. The molecule has 2 aromatic rings. The van der Waals surface area contributed by atoms with E-state index < -0.39 is 0 Å². The number of ether oxygens (including phenoxy) is 2. The molecule has 0 N–H and O–H groups in total. The second-order valence-corrected chi connectivity index (χ2v) is 5.26. The van der Waals surface area contributed by atoms with E-state index in [9.17, 15) is 4.39 Å². The number of nitrogens with zero attached hydrogens (tertiary/aromatic N) is 1. The third kappa shape index (κ3) is 3.13. The van der Waals surface area contributed by atoms with Crippen LogP contribution in [0.15, 0.2) is 48.5 Å². The predicted molar refractivity (Wildman–Crippen MR) is 83.1 cm³/mol. The monoisotopic (exact) mass is 301 g/mol. The molecule has 1 aliphatic heterocycles. The molecule has 0 amide bonds. The van der Waals surface area contributed by atoms with Crippen LogP contribution in [0, 0.1) is 5.82 Å². The molecule has 3 rings (SSSR count). The average molecular weight is 301 g/mol. The number of rotatable bonds is 5. The third-order valence-corrected chi connectivity index (χ3v) is 3.80. The van der Waals surface area contributed by atoms with Gasteiger partial charge in [-0.05, 0) is 19.1 Å². The van der Waals surface area contributed by atoms with Crippen LogP contribution in [-0.2, 0) is 11.3 Å². The minimum Gasteiger partial charge on any atom is -0.493 e. The number of hydrogen-bond donors (Lipinski definition) is 0. The van der Waals surface area contributed by atoms with Gasteiger partial charge in [0.25, 0.3) is 0 Å². The highest BCUT2D eigenvalue weighted by Crippen LogP contribution is 2.34. The summed E-state index contributed by atoms with van der Waals surface area (Å²) in [5.74, 6) is 0.654. The summed E-state index contributed by atoms with van der Waals surface area (Å²) in [5, 5.41) is 0. The molecule has 116 valence electrons. The molecular formula is C18H20FNO2. The lowest BCUT2D eigenvalue weighted by molar-refractivity contribution is 0.0261. The Morgan fingerprint density at radius 3 is 2.77 bits per heavy atom. The van der Waals surface area contributed by atoms with Gasteiger partial charge in [0.2, 0.25) is 0 Å². The van der Waals surface area contributed by atoms with E-state index in [-0.39, 0.29) is 12.0 Å². The van der Waals surface area contributed by atoms with Crippen molar-refractivity contribution in [3.63, 3.8) is 0 Å². The first-order valence-electron chi connectivity index (χ1n) is 7.60. The molecule has 22 heavy (non-hydrogen) atoms. The Bertz CT molecular complexity index is 632. The largest absolute Gasteiger partial charge is 0.493 e. The van der Waals surface area contributed by atoms with Gasteiger partial charge in [-0.15, -0.1) is 0 Å². The first-order chi connectivity index (χ1) is 10.8. The van der Waals surface area contributed by atoms with Gasteiger partial charge in [0.1, 0.15) is 17.8 Å². The molecule has 0 aliphatic carbocycles. The summed E-state index contributed by atoms with van der Waals surface area (Å²) in [6.07, 6.45) is -0.192. The van der Waals surface area contributed by atoms with E-state index in [1.807, 2.05) is 43.3 Å². The number of para-hydroxylation sites is 1. The molecule has 0 radical (unpaired) electrons. The van der Waals surface area contributed by atoms with E-state index in [0.29, 0.717) is 25.3 Å². The molecule has 3 nitrogen and oxygen atoms in total. The Kier molecular flexibility index (Phi) is 4.71. The molecule has 2 aromatic carbocycles. The summed E-state index contributed by atoms with van der Waals surface area (Å²) in [4.78, 5) is 2.14. The summed E-state index contributed by atoms with van der Waals surface area (Å²) in [7, 11) is 0. The van der Waals surface area contributed by atoms with Gasteiger partial charge in [0, 0.05) is 24.2 Å². The van der Waals surface area contributed by atoms with Crippen LogP contribution in [0.1, 0.15) is 24.3 Å². The van der Waals surface area contributed by atoms with Crippen molar-refractivity contribution in [3.8, 4) is 5.75 Å². The SMILES string of the molecule is CCOc1ccccc1C1OCCN1Cc1ccccc1F. The van der Waals surface area contributed by atoms with E-state index in [2.05, 4.69) is 4.90 Å². The molecule has 0 spiro atoms. The van der Waals surface area contributed by atoms with Gasteiger partial charge in [0.05, 0.1) is 13.2 Å². The van der Waals surface area contributed by atoms with Crippen LogP contribution in [0.25, 0.3) is 0 Å². The smallest absolute Gasteiger partial charge is 0.140 e. The summed E-state index contributed by atoms with van der Waals surface area (Å²) in [6.45, 7) is 4.51. The maximum Gasteiger partial charge on any atom is 0.140 e. The highest BCUT2D eigenvalue weighted by atomic mass is 19.1. The van der Waals surface area contributed by atoms with Gasteiger partial charge < -0.3 is 9.47 Å². The number of halogens is 1. The lowest BCUT2D eigenvalue weighted by Crippen LogP contribution is -2.24. The Labute approximate surface area is 130 Å². The molecule has 0 bridgehead atoms. The lowest BCUT2D eigenvalue weighted by Gasteiger charge is -2.25. The third-order valence-electron chi connectivity index (χ3n) is 3.80. The fourth-order valence-electron chi connectivity index (χ4n) is 2.77. The molecule has 1 unspecified atom stereocenters. The quantitative estimate of drug-likeness (QED) is 0.839. The van der Waals surface area contributed by atoms with Crippen molar-refractivity contribution in [2.45, 2.75) is 19.7 Å². The minimum absolute atomic E-state index is 0.175. The zero-order valence-corrected chi connectivity index (χ0v) is 12.7. The maximum absolute atomic E-state index is 13.9. The standard InChI is InChI=1S/C18H20FNO2/c1-2-21-17-10-6-4-8-15(17)18-20(11-12-22-18)13-14-7-3-5-9-16(14)19/h3-10,18H,2,11-13H2,1H3. The van der Waals surface area contributed by atoms with Crippen LogP contribution in [0.5, 0.6) is 5.75 Å². The van der Waals surface area contributed by atoms with Gasteiger partial charge in [-0.25, -0.2) is 4.39 Å². The molecule has 1 saturated heterocycles. The van der Waals surface area contributed by atoms with E-state index in [1.54, 1.807) is 6.07 Å². The Morgan fingerprint density at radius 2 is 1.95 bits per heavy atom. The Hall–Kier alpha value is -1.91. The molecule has 0 saturated carbocycles. The van der Waals surface area contributed by atoms with Crippen LogP contribution in [0.2, 0.25) is 0 Å². The molecule has 1 atom stereocenters. The van der Waals surface area contributed by atoms with E-state index >= 15 is 0 Å². The van der Waals surface area contributed by atoms with E-state index in [4.69, 9.17) is 9.47 Å². The second kappa shape index (κ2) is 6.90. The van der Waals surface area contributed by atoms with Crippen LogP contribution in [-0.4, -0.2) is 24.7 Å². The Balaban J connectivity index is 1.83. The first kappa shape index (κ1) is 15.0. The normalized spacial score (nSPS) is 18.5. The predicted octanol–water partition coefficient (Wildman–Crippen LogP) is 3.76. The zero-order chi connectivity index (χ0) is 15.4. The fourth-order valence-corrected chi connectivity index (χ4v) is 2.77. The van der Waals surface area contributed by atoms with Crippen molar-refractivity contribution in [2.75, 3.05) is 19.8 Å². The highest BCUT2D eigenvalue weighted by molar-refractivity contribution is 5.35. The molecule has 1 heterocycles. The van der Waals surface area contributed by atoms with Crippen LogP contribution in [0.3, 0.4) is 0 Å². The molecule has 4 heteroatoms. The maximum atomic E-state index is 13.9. The second-order valence-electron chi connectivity index (χ2n) is 5.26. The van der Waals surface area contributed by atoms with Gasteiger partial charge >= 0.3 is 0 Å². The first-order valence-corrected chi connectivity index (χ1v) is 7.60. The average Bonchev–Trinajstić information content (AvgIpc) is 2.98. The molecule has 1 aliphatic rings. The van der Waals surface area contributed by atoms with E-state index in [1.165, 1.54) is 6.07 Å². The van der Waals surface area contributed by atoms with Crippen molar-refractivity contribution in [1.82, 2.24) is 4.90 Å². The topological polar surface area (TPSA) is 21.7 Å². The van der Waals surface area contributed by atoms with Gasteiger partial charge in [0.15, 0.2) is 0 Å². The van der Waals surface area contributed by atoms with Crippen LogP contribution in [0.4, 0.5) is 4.39 Å². The van der Waals surface area contributed by atoms with Crippen molar-refractivity contribution >= 4 is 0 Å². The summed E-state index contributed by atoms with van der Waals surface area (Å²) in [5.41, 5.74) is 1.69. The molecular weight excluding hydrogens is 281 g/mol. The van der Waals surface area contributed by atoms with E-state index in [0.717, 1.165) is 17.9 Å². The Morgan fingerprint density at radius 1 is 1.18 bits per heavy atom. The van der Waals surface area contributed by atoms with Crippen molar-refractivity contribution in [3.05, 3.63) is 65.5 Å². The van der Waals surface area contributed by atoms with Crippen LogP contribution < -0.4 is 4.74 Å². The zero-order valence-electron chi connectivity index (χ0n) is 12.7. The number of hydrogen-bond acceptors (Lipinski definition) is 3. The summed E-state index contributed by atoms with van der Waals surface area (Å²) in [6, 6.07) is 14.8. The lowest BCUT2D eigenvalue weighted by atomic mass is 10.1. The van der Waals surface area contributed by atoms with Gasteiger partial charge in [-0.2, -0.15) is 0 Å². The van der Waals surface area contributed by atoms with Crippen LogP contribution >= 0.6 is 0 Å². The highest BCUT2D eigenvalue weighted by Gasteiger charge is 2.29. The minimum atomic E-state index is -0.192. The summed E-state index contributed by atoms with van der Waals surface area (Å²) < 4.78 is 25.4. The van der Waals surface area contributed by atoms with Crippen molar-refractivity contribution in [1.29, 1.82) is 0 Å². The van der Waals surface area contributed by atoms with Gasteiger partial charge in [-0.1, -0.05) is 36.4 Å². The van der Waals surface area contributed by atoms with Crippen molar-refractivity contribution < 1.29 is 13.9 Å². The fraction of sp³-hybridized carbons (Fsp3) is 0.333. The number of benzene rings is 2.